The van der Waals surface area contributed by atoms with E-state index >= 15 is 0 Å². The van der Waals surface area contributed by atoms with Gasteiger partial charge in [-0.1, -0.05) is 110 Å². The summed E-state index contributed by atoms with van der Waals surface area (Å²) in [5.41, 5.74) is 11.7. The zero-order valence-electron chi connectivity index (χ0n) is 28.5. The minimum absolute atomic E-state index is 0. The van der Waals surface area contributed by atoms with Gasteiger partial charge in [0.05, 0.1) is 6.20 Å². The number of rotatable bonds is 7. The number of aryl methyl sites for hydroxylation is 2. The maximum absolute atomic E-state index is 6.50. The van der Waals surface area contributed by atoms with Gasteiger partial charge in [0.2, 0.25) is 0 Å². The number of nitrogens with zero attached hydrogens (tertiary/aromatic N) is 4. The third-order valence-electron chi connectivity index (χ3n) is 9.23. The Morgan fingerprint density at radius 3 is 2.04 bits per heavy atom. The van der Waals surface area contributed by atoms with Gasteiger partial charge in [-0.05, 0) is 64.0 Å². The van der Waals surface area contributed by atoms with Crippen LogP contribution in [0.3, 0.4) is 0 Å². The fourth-order valence-electron chi connectivity index (χ4n) is 6.94. The van der Waals surface area contributed by atoms with Crippen molar-refractivity contribution in [3.63, 3.8) is 0 Å². The Balaban J connectivity index is 0.00000387. The zero-order valence-corrected chi connectivity index (χ0v) is 30.8. The molecule has 0 N–H and O–H groups in total. The Hall–Kier alpha value is -6.03. The number of hydrogen-bond donors (Lipinski definition) is 0. The molecule has 0 aliphatic rings. The van der Waals surface area contributed by atoms with E-state index in [4.69, 9.17) is 14.8 Å². The summed E-state index contributed by atoms with van der Waals surface area (Å²) < 4.78 is 10.5. The van der Waals surface area contributed by atoms with Crippen molar-refractivity contribution in [2.24, 2.45) is 0 Å². The van der Waals surface area contributed by atoms with Crippen molar-refractivity contribution in [1.82, 2.24) is 19.3 Å². The Labute approximate surface area is 317 Å². The van der Waals surface area contributed by atoms with Crippen LogP contribution in [-0.4, -0.2) is 19.3 Å². The van der Waals surface area contributed by atoms with Crippen molar-refractivity contribution < 1.29 is 25.8 Å². The summed E-state index contributed by atoms with van der Waals surface area (Å²) in [6.45, 7) is 4.14. The van der Waals surface area contributed by atoms with E-state index in [0.717, 1.165) is 77.8 Å². The van der Waals surface area contributed by atoms with Crippen molar-refractivity contribution in [2.45, 2.75) is 13.8 Å². The maximum Gasteiger partial charge on any atom is 2.00 e. The molecule has 0 amide bonds. The van der Waals surface area contributed by atoms with Gasteiger partial charge in [0.25, 0.3) is 0 Å². The molecule has 252 valence electrons. The van der Waals surface area contributed by atoms with E-state index in [9.17, 15) is 0 Å². The van der Waals surface area contributed by atoms with E-state index in [0.29, 0.717) is 11.5 Å². The van der Waals surface area contributed by atoms with E-state index in [1.54, 1.807) is 0 Å². The topological polar surface area (TPSA) is 44.9 Å². The van der Waals surface area contributed by atoms with Crippen LogP contribution in [0, 0.1) is 26.0 Å². The standard InChI is InChI=1S/C46H32N4O.Pt/c1-31-22-23-47-45(26-31)50-43-19-10-9-16-41(43)42-21-20-37(28-44(42)50)51-38-25-32(2)24-36(27-38)49-30-35(29-48-49)46-39(33-12-5-3-6-13-33)17-11-18-40(46)34-14-7-4-8-15-34;/h3-26,29-30H,1-2H3;/q-2;+2. The van der Waals surface area contributed by atoms with Crippen LogP contribution < -0.4 is 4.74 Å². The van der Waals surface area contributed by atoms with Crippen molar-refractivity contribution in [1.29, 1.82) is 0 Å². The molecule has 0 aliphatic carbocycles. The fourth-order valence-corrected chi connectivity index (χ4v) is 6.94. The number of benzene rings is 6. The number of para-hydroxylation sites is 1. The second kappa shape index (κ2) is 13.9. The Bertz CT molecular complexity index is 2640. The third kappa shape index (κ3) is 6.14. The van der Waals surface area contributed by atoms with E-state index in [-0.39, 0.29) is 21.1 Å². The van der Waals surface area contributed by atoms with E-state index in [2.05, 4.69) is 146 Å². The van der Waals surface area contributed by atoms with Gasteiger partial charge in [0.1, 0.15) is 5.82 Å². The van der Waals surface area contributed by atoms with Gasteiger partial charge in [0, 0.05) is 40.5 Å². The predicted octanol–water partition coefficient (Wildman–Crippen LogP) is 11.4. The molecule has 0 spiro atoms. The number of fused-ring (bicyclic) bond motifs is 3. The van der Waals surface area contributed by atoms with Gasteiger partial charge in [-0.2, -0.15) is 16.7 Å². The quantitative estimate of drug-likeness (QED) is 0.150. The molecule has 9 aromatic rings. The molecule has 0 saturated heterocycles. The Kier molecular flexibility index (Phi) is 8.88. The van der Waals surface area contributed by atoms with Gasteiger partial charge < -0.3 is 9.30 Å². The number of aromatic nitrogens is 4. The fraction of sp³-hybridized carbons (Fsp3) is 0.0435. The van der Waals surface area contributed by atoms with E-state index in [1.807, 2.05) is 47.4 Å². The molecule has 0 atom stereocenters. The molecule has 5 nitrogen and oxygen atoms in total. The average molecular weight is 852 g/mol. The summed E-state index contributed by atoms with van der Waals surface area (Å²) in [6, 6.07) is 55.1. The van der Waals surface area contributed by atoms with E-state index in [1.165, 1.54) is 0 Å². The molecule has 0 saturated carbocycles. The summed E-state index contributed by atoms with van der Waals surface area (Å²) >= 11 is 0. The van der Waals surface area contributed by atoms with Crippen LogP contribution in [0.25, 0.3) is 66.7 Å². The van der Waals surface area contributed by atoms with Gasteiger partial charge in [0.15, 0.2) is 0 Å². The summed E-state index contributed by atoms with van der Waals surface area (Å²) in [5.74, 6) is 2.03. The van der Waals surface area contributed by atoms with Crippen molar-refractivity contribution in [2.75, 3.05) is 0 Å². The second-order valence-corrected chi connectivity index (χ2v) is 12.8. The first-order valence-electron chi connectivity index (χ1n) is 17.0. The van der Waals surface area contributed by atoms with Crippen LogP contribution in [-0.2, 0) is 21.1 Å². The molecule has 0 fully saturated rings. The number of pyridine rings is 1. The van der Waals surface area contributed by atoms with Gasteiger partial charge in [-0.3, -0.25) is 4.68 Å². The van der Waals surface area contributed by atoms with Gasteiger partial charge >= 0.3 is 21.1 Å². The van der Waals surface area contributed by atoms with Gasteiger partial charge in [-0.25, -0.2) is 4.98 Å². The third-order valence-corrected chi connectivity index (χ3v) is 9.23. The molecule has 6 aromatic carbocycles. The average Bonchev–Trinajstić information content (AvgIpc) is 3.78. The first-order chi connectivity index (χ1) is 25.1. The summed E-state index contributed by atoms with van der Waals surface area (Å²) in [6.07, 6.45) is 5.86. The molecule has 52 heavy (non-hydrogen) atoms. The zero-order chi connectivity index (χ0) is 34.3. The minimum Gasteiger partial charge on any atom is -0.509 e. The molecule has 9 rings (SSSR count). The summed E-state index contributed by atoms with van der Waals surface area (Å²) in [4.78, 5) is 4.71. The SMILES string of the molecule is Cc1cc(Oc2[c-]c3c(cc2)c2ccccc2n3-c2cc(C)ccn2)[c-]c(-n2cc(-c3c(-c4ccccc4)cccc3-c3ccccc3)cn2)c1.[Pt+2]. The van der Waals surface area contributed by atoms with Gasteiger partial charge in [-0.15, -0.1) is 35.7 Å². The minimum atomic E-state index is 0. The first kappa shape index (κ1) is 33.1. The molecule has 0 radical (unpaired) electrons. The summed E-state index contributed by atoms with van der Waals surface area (Å²) in [7, 11) is 0. The van der Waals surface area contributed by atoms with Crippen LogP contribution >= 0.6 is 0 Å². The molecule has 0 aliphatic heterocycles. The molecule has 0 bridgehead atoms. The Morgan fingerprint density at radius 2 is 1.31 bits per heavy atom. The van der Waals surface area contributed by atoms with Crippen molar-refractivity contribution in [3.8, 4) is 56.4 Å². The summed E-state index contributed by atoms with van der Waals surface area (Å²) in [5, 5.41) is 7.08. The predicted molar refractivity (Wildman–Crippen MR) is 206 cm³/mol. The maximum atomic E-state index is 6.50. The molecule has 3 aromatic heterocycles. The van der Waals surface area contributed by atoms with Crippen LogP contribution in [0.1, 0.15) is 11.1 Å². The van der Waals surface area contributed by atoms with Crippen LogP contribution in [0.5, 0.6) is 11.5 Å². The number of hydrogen-bond acceptors (Lipinski definition) is 3. The van der Waals surface area contributed by atoms with Crippen LogP contribution in [0.4, 0.5) is 0 Å². The number of ether oxygens (including phenoxy) is 1. The molecular weight excluding hydrogens is 820 g/mol. The Morgan fingerprint density at radius 1 is 0.596 bits per heavy atom. The molecule has 0 unspecified atom stereocenters. The van der Waals surface area contributed by atoms with E-state index < -0.39 is 0 Å². The second-order valence-electron chi connectivity index (χ2n) is 12.8. The first-order valence-corrected chi connectivity index (χ1v) is 17.0. The van der Waals surface area contributed by atoms with Crippen molar-refractivity contribution >= 4 is 21.8 Å². The largest absolute Gasteiger partial charge is 2.00 e. The molecule has 3 heterocycles. The van der Waals surface area contributed by atoms with Crippen LogP contribution in [0.2, 0.25) is 0 Å². The monoisotopic (exact) mass is 851 g/mol. The normalized spacial score (nSPS) is 11.1. The van der Waals surface area contributed by atoms with Crippen molar-refractivity contribution in [3.05, 3.63) is 181 Å². The molecule has 6 heteroatoms. The molecular formula is C46H32N4OPt. The smallest absolute Gasteiger partial charge is 0.509 e. The van der Waals surface area contributed by atoms with Crippen LogP contribution in [0.15, 0.2) is 158 Å².